The Bertz CT molecular complexity index is 1180. The fourth-order valence-electron chi connectivity index (χ4n) is 3.66. The number of halogens is 1. The molecule has 1 heterocycles. The normalized spacial score (nSPS) is 13.7. The molecule has 8 nitrogen and oxygen atoms in total. The van der Waals surface area contributed by atoms with Gasteiger partial charge < -0.3 is 19.1 Å². The standard InChI is InChI=1S/C26H26IN3O5/c1-2-34-25-16-20(17-28-21-5-9-22(10-6-21)29-11-13-33-14-12-29)15-24(27)26(25)35-18-19-3-7-23(8-4-19)30(31)32/h3-10,15-17H,2,11-14,18H2,1H3. The topological polar surface area (TPSA) is 86.4 Å². The first-order valence-electron chi connectivity index (χ1n) is 11.3. The minimum absolute atomic E-state index is 0.0534. The second-order valence-corrected chi connectivity index (χ2v) is 9.01. The van der Waals surface area contributed by atoms with Gasteiger partial charge in [0.2, 0.25) is 0 Å². The van der Waals surface area contributed by atoms with E-state index in [-0.39, 0.29) is 12.3 Å². The van der Waals surface area contributed by atoms with Crippen molar-refractivity contribution in [2.45, 2.75) is 13.5 Å². The summed E-state index contributed by atoms with van der Waals surface area (Å²) in [4.78, 5) is 17.4. The maximum atomic E-state index is 10.8. The first-order chi connectivity index (χ1) is 17.0. The summed E-state index contributed by atoms with van der Waals surface area (Å²) < 4.78 is 18.2. The first-order valence-corrected chi connectivity index (χ1v) is 12.4. The van der Waals surface area contributed by atoms with E-state index in [2.05, 4.69) is 44.6 Å². The van der Waals surface area contributed by atoms with Crippen LogP contribution < -0.4 is 14.4 Å². The van der Waals surface area contributed by atoms with Crippen LogP contribution in [0, 0.1) is 13.7 Å². The molecular weight excluding hydrogens is 561 g/mol. The van der Waals surface area contributed by atoms with E-state index in [1.165, 1.54) is 17.8 Å². The van der Waals surface area contributed by atoms with E-state index in [1.54, 1.807) is 12.1 Å². The van der Waals surface area contributed by atoms with Crippen LogP contribution in [-0.4, -0.2) is 44.0 Å². The smallest absolute Gasteiger partial charge is 0.269 e. The molecule has 0 N–H and O–H groups in total. The van der Waals surface area contributed by atoms with E-state index in [4.69, 9.17) is 14.2 Å². The molecule has 1 saturated heterocycles. The molecule has 1 fully saturated rings. The van der Waals surface area contributed by atoms with Crippen molar-refractivity contribution in [2.24, 2.45) is 4.99 Å². The van der Waals surface area contributed by atoms with Gasteiger partial charge in [0.25, 0.3) is 5.69 Å². The van der Waals surface area contributed by atoms with Crippen LogP contribution in [0.3, 0.4) is 0 Å². The Labute approximate surface area is 217 Å². The molecule has 1 aliphatic heterocycles. The highest BCUT2D eigenvalue weighted by molar-refractivity contribution is 14.1. The van der Waals surface area contributed by atoms with Crippen LogP contribution in [-0.2, 0) is 11.3 Å². The maximum Gasteiger partial charge on any atom is 0.269 e. The average molecular weight is 587 g/mol. The summed E-state index contributed by atoms with van der Waals surface area (Å²) in [6.07, 6.45) is 1.81. The van der Waals surface area contributed by atoms with Crippen molar-refractivity contribution < 1.29 is 19.1 Å². The minimum Gasteiger partial charge on any atom is -0.490 e. The molecule has 35 heavy (non-hydrogen) atoms. The van der Waals surface area contributed by atoms with E-state index in [1.807, 2.05) is 37.4 Å². The zero-order valence-electron chi connectivity index (χ0n) is 19.4. The number of hydrogen-bond acceptors (Lipinski definition) is 7. The fourth-order valence-corrected chi connectivity index (χ4v) is 4.44. The number of aliphatic imine (C=N–C) groups is 1. The van der Waals surface area contributed by atoms with Gasteiger partial charge in [-0.2, -0.15) is 0 Å². The van der Waals surface area contributed by atoms with E-state index >= 15 is 0 Å². The SMILES string of the molecule is CCOc1cc(C=Nc2ccc(N3CCOCC3)cc2)cc(I)c1OCc1ccc([N+](=O)[O-])cc1. The van der Waals surface area contributed by atoms with Crippen LogP contribution in [0.2, 0.25) is 0 Å². The summed E-state index contributed by atoms with van der Waals surface area (Å²) in [5, 5.41) is 10.8. The Hall–Kier alpha value is -3.18. The van der Waals surface area contributed by atoms with Gasteiger partial charge in [-0.05, 0) is 89.2 Å². The molecular formula is C26H26IN3O5. The second kappa shape index (κ2) is 12.0. The highest BCUT2D eigenvalue weighted by Gasteiger charge is 2.13. The zero-order chi connectivity index (χ0) is 24.6. The quantitative estimate of drug-likeness (QED) is 0.137. The lowest BCUT2D eigenvalue weighted by Crippen LogP contribution is -2.36. The largest absolute Gasteiger partial charge is 0.490 e. The van der Waals surface area contributed by atoms with Crippen molar-refractivity contribution in [3.8, 4) is 11.5 Å². The summed E-state index contributed by atoms with van der Waals surface area (Å²) in [6.45, 7) is 6.01. The van der Waals surface area contributed by atoms with Crippen LogP contribution >= 0.6 is 22.6 Å². The summed E-state index contributed by atoms with van der Waals surface area (Å²) in [6, 6.07) is 18.4. The van der Waals surface area contributed by atoms with Crippen LogP contribution in [0.15, 0.2) is 65.7 Å². The third kappa shape index (κ3) is 6.70. The number of anilines is 1. The average Bonchev–Trinajstić information content (AvgIpc) is 2.88. The van der Waals surface area contributed by atoms with Crippen LogP contribution in [0.25, 0.3) is 0 Å². The van der Waals surface area contributed by atoms with Gasteiger partial charge in [0.05, 0.1) is 34.0 Å². The van der Waals surface area contributed by atoms with Crippen molar-refractivity contribution in [1.29, 1.82) is 0 Å². The Kier molecular flexibility index (Phi) is 8.54. The zero-order valence-corrected chi connectivity index (χ0v) is 21.5. The Morgan fingerprint density at radius 3 is 2.46 bits per heavy atom. The van der Waals surface area contributed by atoms with Crippen molar-refractivity contribution in [2.75, 3.05) is 37.8 Å². The number of hydrogen-bond donors (Lipinski definition) is 0. The summed E-state index contributed by atoms with van der Waals surface area (Å²) in [5.74, 6) is 1.27. The van der Waals surface area contributed by atoms with E-state index in [0.717, 1.165) is 46.7 Å². The van der Waals surface area contributed by atoms with Crippen molar-refractivity contribution in [3.05, 3.63) is 85.5 Å². The van der Waals surface area contributed by atoms with Gasteiger partial charge in [-0.3, -0.25) is 15.1 Å². The highest BCUT2D eigenvalue weighted by Crippen LogP contribution is 2.35. The lowest BCUT2D eigenvalue weighted by atomic mass is 10.2. The van der Waals surface area contributed by atoms with Gasteiger partial charge in [-0.1, -0.05) is 0 Å². The Morgan fingerprint density at radius 1 is 1.09 bits per heavy atom. The van der Waals surface area contributed by atoms with E-state index in [0.29, 0.717) is 18.1 Å². The van der Waals surface area contributed by atoms with Gasteiger partial charge in [0, 0.05) is 37.1 Å². The Balaban J connectivity index is 1.46. The number of non-ortho nitro benzene ring substituents is 1. The number of ether oxygens (including phenoxy) is 3. The number of nitrogens with zero attached hydrogens (tertiary/aromatic N) is 3. The summed E-state index contributed by atoms with van der Waals surface area (Å²) >= 11 is 2.22. The molecule has 1 aliphatic rings. The third-order valence-electron chi connectivity index (χ3n) is 5.45. The van der Waals surface area contributed by atoms with Gasteiger partial charge >= 0.3 is 0 Å². The molecule has 3 aromatic rings. The number of benzene rings is 3. The van der Waals surface area contributed by atoms with Crippen LogP contribution in [0.1, 0.15) is 18.1 Å². The molecule has 3 aromatic carbocycles. The molecule has 0 aromatic heterocycles. The van der Waals surface area contributed by atoms with Crippen LogP contribution in [0.5, 0.6) is 11.5 Å². The third-order valence-corrected chi connectivity index (χ3v) is 6.25. The van der Waals surface area contributed by atoms with Crippen molar-refractivity contribution >= 4 is 45.9 Å². The minimum atomic E-state index is -0.417. The second-order valence-electron chi connectivity index (χ2n) is 7.85. The molecule has 0 unspecified atom stereocenters. The number of nitro groups is 1. The predicted molar refractivity (Wildman–Crippen MR) is 144 cm³/mol. The molecule has 9 heteroatoms. The lowest BCUT2D eigenvalue weighted by Gasteiger charge is -2.28. The van der Waals surface area contributed by atoms with Gasteiger partial charge in [0.1, 0.15) is 6.61 Å². The van der Waals surface area contributed by atoms with Gasteiger partial charge in [0.15, 0.2) is 11.5 Å². The molecule has 0 bridgehead atoms. The van der Waals surface area contributed by atoms with E-state index < -0.39 is 4.92 Å². The molecule has 0 atom stereocenters. The fraction of sp³-hybridized carbons (Fsp3) is 0.269. The lowest BCUT2D eigenvalue weighted by molar-refractivity contribution is -0.384. The van der Waals surface area contributed by atoms with Gasteiger partial charge in [-0.25, -0.2) is 0 Å². The highest BCUT2D eigenvalue weighted by atomic mass is 127. The molecule has 0 spiro atoms. The summed E-state index contributed by atoms with van der Waals surface area (Å²) in [5.41, 5.74) is 3.83. The monoisotopic (exact) mass is 587 g/mol. The van der Waals surface area contributed by atoms with Gasteiger partial charge in [-0.15, -0.1) is 0 Å². The number of rotatable bonds is 9. The van der Waals surface area contributed by atoms with Crippen molar-refractivity contribution in [3.63, 3.8) is 0 Å². The maximum absolute atomic E-state index is 10.8. The Morgan fingerprint density at radius 2 is 1.80 bits per heavy atom. The van der Waals surface area contributed by atoms with E-state index in [9.17, 15) is 10.1 Å². The molecule has 0 aliphatic carbocycles. The predicted octanol–water partition coefficient (Wildman–Crippen LogP) is 5.76. The molecule has 4 rings (SSSR count). The number of nitro benzene ring substituents is 1. The van der Waals surface area contributed by atoms with Crippen molar-refractivity contribution in [1.82, 2.24) is 0 Å². The first kappa shape index (κ1) is 24.9. The molecule has 0 amide bonds. The van der Waals surface area contributed by atoms with Crippen LogP contribution in [0.4, 0.5) is 17.1 Å². The molecule has 182 valence electrons. The molecule has 0 saturated carbocycles. The number of morpholine rings is 1. The molecule has 0 radical (unpaired) electrons. The summed E-state index contributed by atoms with van der Waals surface area (Å²) in [7, 11) is 0.